The average Bonchev–Trinajstić information content (AvgIpc) is 3.40. The zero-order valence-corrected chi connectivity index (χ0v) is 25.3. The van der Waals surface area contributed by atoms with Gasteiger partial charge in [-0.15, -0.1) is 0 Å². The highest BCUT2D eigenvalue weighted by atomic mass is 15.1. The van der Waals surface area contributed by atoms with E-state index < -0.39 is 0 Å². The number of allylic oxidation sites excluding steroid dienone is 5. The molecule has 1 atom stereocenters. The van der Waals surface area contributed by atoms with Crippen LogP contribution in [0.4, 0.5) is 0 Å². The maximum atomic E-state index is 5.20. The number of fused-ring (bicyclic) bond motifs is 3. The molecule has 2 aromatic carbocycles. The van der Waals surface area contributed by atoms with Gasteiger partial charge in [-0.1, -0.05) is 84.5 Å². The van der Waals surface area contributed by atoms with Crippen LogP contribution in [0.15, 0.2) is 72.5 Å². The topological polar surface area (TPSA) is 17.8 Å². The van der Waals surface area contributed by atoms with E-state index in [1.165, 1.54) is 44.5 Å². The molecule has 0 bridgehead atoms. The second-order valence-corrected chi connectivity index (χ2v) is 12.3. The normalized spacial score (nSPS) is 15.8. The van der Waals surface area contributed by atoms with Crippen molar-refractivity contribution in [3.05, 3.63) is 94.9 Å². The van der Waals surface area contributed by atoms with Crippen LogP contribution < -0.4 is 0 Å². The van der Waals surface area contributed by atoms with E-state index in [0.29, 0.717) is 6.04 Å². The van der Waals surface area contributed by atoms with E-state index in [0.717, 1.165) is 29.9 Å². The Morgan fingerprint density at radius 1 is 1.05 bits per heavy atom. The first-order chi connectivity index (χ1) is 17.9. The molecule has 1 unspecified atom stereocenters. The Morgan fingerprint density at radius 3 is 2.34 bits per heavy atom. The summed E-state index contributed by atoms with van der Waals surface area (Å²) in [5, 5.41) is 0. The summed E-state index contributed by atoms with van der Waals surface area (Å²) in [7, 11) is 0. The zero-order valence-electron chi connectivity index (χ0n) is 25.3. The number of benzene rings is 2. The Kier molecular flexibility index (Phi) is 7.49. The number of rotatable bonds is 8. The summed E-state index contributed by atoms with van der Waals surface area (Å²) in [6.45, 7) is 27.1. The van der Waals surface area contributed by atoms with Gasteiger partial charge in [0.2, 0.25) is 0 Å². The Labute approximate surface area is 231 Å². The van der Waals surface area contributed by atoms with Gasteiger partial charge in [0.1, 0.15) is 5.82 Å². The molecule has 0 aliphatic heterocycles. The molecule has 200 valence electrons. The molecule has 0 radical (unpaired) electrons. The Hall–Kier alpha value is -3.13. The zero-order chi connectivity index (χ0) is 28.0. The Bertz CT molecular complexity index is 1440. The van der Waals surface area contributed by atoms with Crippen LogP contribution in [0.2, 0.25) is 0 Å². The molecule has 0 saturated carbocycles. The summed E-state index contributed by atoms with van der Waals surface area (Å²) in [5.74, 6) is 1.06. The van der Waals surface area contributed by atoms with Gasteiger partial charge in [0.05, 0.1) is 11.9 Å². The Balaban J connectivity index is 2.10. The minimum atomic E-state index is -0.0581. The number of hydrogen-bond donors (Lipinski definition) is 0. The van der Waals surface area contributed by atoms with Crippen LogP contribution in [0.3, 0.4) is 0 Å². The molecular weight excluding hydrogens is 460 g/mol. The number of imidazole rings is 1. The second-order valence-electron chi connectivity index (χ2n) is 12.3. The van der Waals surface area contributed by atoms with E-state index in [2.05, 4.69) is 135 Å². The quantitative estimate of drug-likeness (QED) is 0.278. The molecule has 0 fully saturated rings. The maximum Gasteiger partial charge on any atom is 0.140 e. The molecule has 38 heavy (non-hydrogen) atoms. The van der Waals surface area contributed by atoms with Gasteiger partial charge in [0, 0.05) is 22.6 Å². The van der Waals surface area contributed by atoms with Crippen LogP contribution in [0.25, 0.3) is 28.1 Å². The highest BCUT2D eigenvalue weighted by Gasteiger charge is 2.38. The second kappa shape index (κ2) is 10.2. The van der Waals surface area contributed by atoms with E-state index >= 15 is 0 Å². The molecule has 0 N–H and O–H groups in total. The smallest absolute Gasteiger partial charge is 0.140 e. The van der Waals surface area contributed by atoms with Crippen molar-refractivity contribution in [2.75, 3.05) is 0 Å². The number of aromatic nitrogens is 2. The van der Waals surface area contributed by atoms with E-state index in [1.54, 1.807) is 0 Å². The lowest BCUT2D eigenvalue weighted by atomic mass is 9.76. The fourth-order valence-corrected chi connectivity index (χ4v) is 6.15. The van der Waals surface area contributed by atoms with Crippen molar-refractivity contribution in [2.45, 2.75) is 99.0 Å². The van der Waals surface area contributed by atoms with Gasteiger partial charge in [-0.05, 0) is 97.0 Å². The van der Waals surface area contributed by atoms with E-state index in [-0.39, 0.29) is 10.8 Å². The first-order valence-corrected chi connectivity index (χ1v) is 14.3. The van der Waals surface area contributed by atoms with Crippen LogP contribution in [-0.4, -0.2) is 9.55 Å². The van der Waals surface area contributed by atoms with Crippen molar-refractivity contribution in [2.24, 2.45) is 0 Å². The molecule has 1 aliphatic carbocycles. The van der Waals surface area contributed by atoms with Crippen LogP contribution >= 0.6 is 0 Å². The van der Waals surface area contributed by atoms with Crippen molar-refractivity contribution < 1.29 is 0 Å². The third kappa shape index (κ3) is 4.42. The summed E-state index contributed by atoms with van der Waals surface area (Å²) in [5.41, 5.74) is 12.8. The fraction of sp³-hybridized carbons (Fsp3) is 0.417. The van der Waals surface area contributed by atoms with E-state index in [4.69, 9.17) is 4.98 Å². The highest BCUT2D eigenvalue weighted by Crippen LogP contribution is 2.52. The first-order valence-electron chi connectivity index (χ1n) is 14.3. The lowest BCUT2D eigenvalue weighted by Crippen LogP contribution is -2.20. The van der Waals surface area contributed by atoms with Crippen molar-refractivity contribution in [3.8, 4) is 22.5 Å². The van der Waals surface area contributed by atoms with Gasteiger partial charge < -0.3 is 4.57 Å². The summed E-state index contributed by atoms with van der Waals surface area (Å²) in [6.07, 6.45) is 8.44. The van der Waals surface area contributed by atoms with Gasteiger partial charge >= 0.3 is 0 Å². The number of hydrogen-bond acceptors (Lipinski definition) is 1. The lowest BCUT2D eigenvalue weighted by Gasteiger charge is -2.30. The Morgan fingerprint density at radius 2 is 1.74 bits per heavy atom. The molecule has 4 rings (SSSR count). The van der Waals surface area contributed by atoms with Crippen molar-refractivity contribution in [3.63, 3.8) is 0 Å². The third-order valence-corrected chi connectivity index (χ3v) is 8.90. The molecule has 2 heteroatoms. The van der Waals surface area contributed by atoms with Gasteiger partial charge in [0.25, 0.3) is 0 Å². The minimum Gasteiger partial charge on any atom is -0.321 e. The van der Waals surface area contributed by atoms with Crippen LogP contribution in [0.1, 0.15) is 111 Å². The molecule has 1 heterocycles. The minimum absolute atomic E-state index is 0.00627. The molecule has 0 saturated heterocycles. The van der Waals surface area contributed by atoms with Gasteiger partial charge in [-0.2, -0.15) is 0 Å². The van der Waals surface area contributed by atoms with Crippen LogP contribution in [-0.2, 0) is 10.8 Å². The summed E-state index contributed by atoms with van der Waals surface area (Å²) >= 11 is 0. The predicted molar refractivity (Wildman–Crippen MR) is 166 cm³/mol. The largest absolute Gasteiger partial charge is 0.321 e. The summed E-state index contributed by atoms with van der Waals surface area (Å²) in [6, 6.07) is 14.2. The SMILES string of the molecule is C=C(C)/C(=C(C)\C=C/C)c1cnc(-c2cc3c(cc2C(C)(C)CC)-c2ccccc2C3(C)C)n1C(C)CC. The molecule has 0 spiro atoms. The van der Waals surface area contributed by atoms with E-state index in [1.807, 2.05) is 0 Å². The van der Waals surface area contributed by atoms with Gasteiger partial charge in [-0.25, -0.2) is 4.98 Å². The molecule has 2 nitrogen and oxygen atoms in total. The molecular formula is C36H46N2. The molecule has 1 aliphatic rings. The maximum absolute atomic E-state index is 5.20. The van der Waals surface area contributed by atoms with Crippen molar-refractivity contribution in [1.29, 1.82) is 0 Å². The number of nitrogens with zero attached hydrogens (tertiary/aromatic N) is 2. The van der Waals surface area contributed by atoms with Gasteiger partial charge in [-0.3, -0.25) is 0 Å². The predicted octanol–water partition coefficient (Wildman–Crippen LogP) is 10.4. The molecule has 0 amide bonds. The first kappa shape index (κ1) is 27.9. The average molecular weight is 507 g/mol. The fourth-order valence-electron chi connectivity index (χ4n) is 6.15. The monoisotopic (exact) mass is 506 g/mol. The van der Waals surface area contributed by atoms with E-state index in [9.17, 15) is 0 Å². The van der Waals surface area contributed by atoms with Crippen molar-refractivity contribution >= 4 is 5.57 Å². The lowest BCUT2D eigenvalue weighted by molar-refractivity contribution is 0.503. The standard InChI is InChI=1S/C36H46N2/c1-12-17-24(6)33(23(4)5)32-22-37-34(38(32)25(7)13-2)28-21-31-27(20-30(28)35(8,9)14-3)26-18-15-16-19-29(26)36(31,10)11/h12,15-22,25H,4,13-14H2,1-3,5-11H3/b17-12-,33-24+. The molecule has 1 aromatic heterocycles. The van der Waals surface area contributed by atoms with Gasteiger partial charge in [0.15, 0.2) is 0 Å². The third-order valence-electron chi connectivity index (χ3n) is 8.90. The highest BCUT2D eigenvalue weighted by molar-refractivity contribution is 5.86. The van der Waals surface area contributed by atoms with Crippen molar-refractivity contribution in [1.82, 2.24) is 9.55 Å². The van der Waals surface area contributed by atoms with Crippen LogP contribution in [0, 0.1) is 0 Å². The summed E-state index contributed by atoms with van der Waals surface area (Å²) < 4.78 is 2.48. The van der Waals surface area contributed by atoms with Crippen LogP contribution in [0.5, 0.6) is 0 Å². The molecule has 3 aromatic rings. The summed E-state index contributed by atoms with van der Waals surface area (Å²) in [4.78, 5) is 5.20.